The van der Waals surface area contributed by atoms with Crippen molar-refractivity contribution in [2.24, 2.45) is 0 Å². The van der Waals surface area contributed by atoms with E-state index in [1.54, 1.807) is 28.8 Å². The highest BCUT2D eigenvalue weighted by atomic mass is 32.2. The fourth-order valence-corrected chi connectivity index (χ4v) is 3.83. The minimum atomic E-state index is -0.499. The average Bonchev–Trinajstić information content (AvgIpc) is 3.17. The van der Waals surface area contributed by atoms with Crippen LogP contribution in [0, 0.1) is 12.7 Å². The first-order valence-electron chi connectivity index (χ1n) is 9.98. The van der Waals surface area contributed by atoms with E-state index in [4.69, 9.17) is 0 Å². The molecule has 166 valence electrons. The van der Waals surface area contributed by atoms with Crippen LogP contribution in [0.2, 0.25) is 0 Å². The maximum atomic E-state index is 13.7. The Labute approximate surface area is 190 Å². The number of nitrogens with one attached hydrogen (secondary N) is 2. The summed E-state index contributed by atoms with van der Waals surface area (Å²) in [6, 6.07) is 12.9. The van der Waals surface area contributed by atoms with Crippen molar-refractivity contribution < 1.29 is 14.0 Å². The molecule has 3 aromatic rings. The summed E-state index contributed by atoms with van der Waals surface area (Å²) < 4.78 is 15.5. The van der Waals surface area contributed by atoms with Crippen LogP contribution in [0.25, 0.3) is 0 Å². The highest BCUT2D eigenvalue weighted by Gasteiger charge is 2.21. The van der Waals surface area contributed by atoms with Gasteiger partial charge in [-0.3, -0.25) is 9.59 Å². The molecule has 1 aromatic heterocycles. The van der Waals surface area contributed by atoms with Gasteiger partial charge in [-0.2, -0.15) is 0 Å². The van der Waals surface area contributed by atoms with Crippen LogP contribution in [0.15, 0.2) is 66.3 Å². The lowest BCUT2D eigenvalue weighted by Gasteiger charge is -2.16. The van der Waals surface area contributed by atoms with Crippen LogP contribution in [0.5, 0.6) is 0 Å². The predicted molar refractivity (Wildman–Crippen MR) is 123 cm³/mol. The Kier molecular flexibility index (Phi) is 7.77. The summed E-state index contributed by atoms with van der Waals surface area (Å²) in [6.45, 7) is 7.87. The number of aryl methyl sites for hydroxylation is 1. The molecule has 0 unspecified atom stereocenters. The summed E-state index contributed by atoms with van der Waals surface area (Å²) in [6.07, 6.45) is 1.69. The monoisotopic (exact) mass is 453 g/mol. The Bertz CT molecular complexity index is 1130. The largest absolute Gasteiger partial charge is 0.342 e. The highest BCUT2D eigenvalue weighted by molar-refractivity contribution is 7.99. The summed E-state index contributed by atoms with van der Waals surface area (Å²) in [7, 11) is 0. The van der Waals surface area contributed by atoms with E-state index >= 15 is 0 Å². The number of thioether (sulfide) groups is 1. The Morgan fingerprint density at radius 3 is 2.62 bits per heavy atom. The van der Waals surface area contributed by atoms with Gasteiger partial charge >= 0.3 is 0 Å². The molecule has 32 heavy (non-hydrogen) atoms. The molecule has 1 heterocycles. The lowest BCUT2D eigenvalue weighted by Crippen LogP contribution is -2.29. The average molecular weight is 454 g/mol. The van der Waals surface area contributed by atoms with E-state index in [-0.39, 0.29) is 23.3 Å². The third-order valence-corrected chi connectivity index (χ3v) is 5.63. The van der Waals surface area contributed by atoms with Gasteiger partial charge in [-0.05, 0) is 37.6 Å². The zero-order chi connectivity index (χ0) is 23.1. The van der Waals surface area contributed by atoms with Gasteiger partial charge < -0.3 is 15.2 Å². The normalized spacial score (nSPS) is 11.6. The highest BCUT2D eigenvalue weighted by Crippen LogP contribution is 2.22. The molecule has 2 aromatic carbocycles. The number of benzene rings is 2. The van der Waals surface area contributed by atoms with Gasteiger partial charge in [-0.25, -0.2) is 4.39 Å². The van der Waals surface area contributed by atoms with E-state index in [2.05, 4.69) is 27.4 Å². The van der Waals surface area contributed by atoms with Crippen molar-refractivity contribution in [3.05, 3.63) is 84.0 Å². The number of nitrogens with zero attached hydrogens (tertiary/aromatic N) is 3. The summed E-state index contributed by atoms with van der Waals surface area (Å²) in [5.41, 5.74) is 1.59. The van der Waals surface area contributed by atoms with Gasteiger partial charge in [0.2, 0.25) is 5.91 Å². The van der Waals surface area contributed by atoms with Gasteiger partial charge in [-0.15, -0.1) is 16.8 Å². The third-order valence-electron chi connectivity index (χ3n) is 4.66. The van der Waals surface area contributed by atoms with Crippen LogP contribution in [0.3, 0.4) is 0 Å². The molecule has 0 fully saturated rings. The number of para-hydroxylation sites is 1. The number of hydrogen-bond acceptors (Lipinski definition) is 5. The summed E-state index contributed by atoms with van der Waals surface area (Å²) in [5, 5.41) is 14.4. The molecule has 2 amide bonds. The predicted octanol–water partition coefficient (Wildman–Crippen LogP) is 4.13. The topological polar surface area (TPSA) is 88.9 Å². The van der Waals surface area contributed by atoms with Gasteiger partial charge in [0, 0.05) is 12.1 Å². The molecular weight excluding hydrogens is 429 g/mol. The molecule has 0 saturated carbocycles. The zero-order valence-electron chi connectivity index (χ0n) is 17.8. The molecule has 0 radical (unpaired) electrons. The van der Waals surface area contributed by atoms with Gasteiger partial charge in [0.15, 0.2) is 11.0 Å². The summed E-state index contributed by atoms with van der Waals surface area (Å²) >= 11 is 1.17. The maximum Gasteiger partial charge on any atom is 0.252 e. The van der Waals surface area contributed by atoms with Crippen LogP contribution in [-0.2, 0) is 11.3 Å². The van der Waals surface area contributed by atoms with Gasteiger partial charge in [-0.1, -0.05) is 48.2 Å². The number of amides is 2. The first-order chi connectivity index (χ1) is 15.4. The summed E-state index contributed by atoms with van der Waals surface area (Å²) in [4.78, 5) is 24.9. The van der Waals surface area contributed by atoms with E-state index in [1.807, 2.05) is 32.0 Å². The van der Waals surface area contributed by atoms with E-state index in [9.17, 15) is 14.0 Å². The van der Waals surface area contributed by atoms with Crippen LogP contribution in [0.1, 0.15) is 34.7 Å². The number of allylic oxidation sites excluding steroid dienone is 1. The molecule has 2 N–H and O–H groups in total. The Morgan fingerprint density at radius 1 is 1.19 bits per heavy atom. The fourth-order valence-electron chi connectivity index (χ4n) is 3.07. The molecule has 0 aliphatic rings. The number of rotatable bonds is 9. The number of aromatic nitrogens is 3. The van der Waals surface area contributed by atoms with E-state index in [1.165, 1.54) is 23.9 Å². The molecule has 1 atom stereocenters. The van der Waals surface area contributed by atoms with Crippen molar-refractivity contribution in [2.45, 2.75) is 31.6 Å². The molecule has 7 nitrogen and oxygen atoms in total. The van der Waals surface area contributed by atoms with Crippen LogP contribution in [0.4, 0.5) is 10.1 Å². The smallest absolute Gasteiger partial charge is 0.252 e. The second kappa shape index (κ2) is 10.7. The SMILES string of the molecule is C=CCn1c(SCC(=O)Nc2ccccc2F)nnc1[C@@H](C)NC(=O)c1ccccc1C. The molecule has 3 rings (SSSR count). The Balaban J connectivity index is 1.68. The number of hydrogen-bond donors (Lipinski definition) is 2. The van der Waals surface area contributed by atoms with E-state index in [0.29, 0.717) is 23.1 Å². The van der Waals surface area contributed by atoms with Crippen molar-refractivity contribution >= 4 is 29.3 Å². The van der Waals surface area contributed by atoms with E-state index in [0.717, 1.165) is 5.56 Å². The molecule has 0 saturated heterocycles. The van der Waals surface area contributed by atoms with E-state index < -0.39 is 11.9 Å². The van der Waals surface area contributed by atoms with Crippen LogP contribution < -0.4 is 10.6 Å². The quantitative estimate of drug-likeness (QED) is 0.376. The van der Waals surface area contributed by atoms with Gasteiger partial charge in [0.1, 0.15) is 5.82 Å². The second-order valence-corrected chi connectivity index (χ2v) is 8.01. The van der Waals surface area contributed by atoms with Gasteiger partial charge in [0.05, 0.1) is 17.5 Å². The minimum absolute atomic E-state index is 0.0214. The van der Waals surface area contributed by atoms with Crippen molar-refractivity contribution in [3.63, 3.8) is 0 Å². The molecular formula is C23H24FN5O2S. The summed E-state index contributed by atoms with van der Waals surface area (Å²) in [5.74, 6) is -0.504. The standard InChI is InChI=1S/C23H24FN5O2S/c1-4-13-29-21(16(3)25-22(31)17-10-6-5-9-15(17)2)27-28-23(29)32-14-20(30)26-19-12-8-7-11-18(19)24/h4-12,16H,1,13-14H2,2-3H3,(H,25,31)(H,26,30)/t16-/m1/s1. The number of carbonyl (C=O) groups is 2. The fraction of sp³-hybridized carbons (Fsp3) is 0.217. The first kappa shape index (κ1) is 23.2. The van der Waals surface area contributed by atoms with Crippen molar-refractivity contribution in [3.8, 4) is 0 Å². The lowest BCUT2D eigenvalue weighted by atomic mass is 10.1. The molecule has 0 bridgehead atoms. The maximum absolute atomic E-state index is 13.7. The molecule has 0 aliphatic heterocycles. The number of anilines is 1. The molecule has 0 aliphatic carbocycles. The number of halogens is 1. The Morgan fingerprint density at radius 2 is 1.91 bits per heavy atom. The lowest BCUT2D eigenvalue weighted by molar-refractivity contribution is -0.113. The first-order valence-corrected chi connectivity index (χ1v) is 11.0. The molecule has 0 spiro atoms. The zero-order valence-corrected chi connectivity index (χ0v) is 18.7. The Hall–Kier alpha value is -3.46. The second-order valence-electron chi connectivity index (χ2n) is 7.07. The minimum Gasteiger partial charge on any atom is -0.342 e. The van der Waals surface area contributed by atoms with Crippen molar-refractivity contribution in [2.75, 3.05) is 11.1 Å². The number of carbonyl (C=O) groups excluding carboxylic acids is 2. The third kappa shape index (κ3) is 5.61. The van der Waals surface area contributed by atoms with Crippen LogP contribution in [-0.4, -0.2) is 32.3 Å². The van der Waals surface area contributed by atoms with Crippen LogP contribution >= 0.6 is 11.8 Å². The van der Waals surface area contributed by atoms with Crippen molar-refractivity contribution in [1.82, 2.24) is 20.1 Å². The molecule has 9 heteroatoms. The van der Waals surface area contributed by atoms with Gasteiger partial charge in [0.25, 0.3) is 5.91 Å². The van der Waals surface area contributed by atoms with Crippen molar-refractivity contribution in [1.29, 1.82) is 0 Å².